The van der Waals surface area contributed by atoms with E-state index in [0.717, 1.165) is 36.2 Å². The Labute approximate surface area is 252 Å². The lowest BCUT2D eigenvalue weighted by atomic mass is 10.0. The van der Waals surface area contributed by atoms with E-state index in [9.17, 15) is 4.79 Å². The first-order chi connectivity index (χ1) is 19.9. The zero-order valence-electron chi connectivity index (χ0n) is 26.9. The van der Waals surface area contributed by atoms with Crippen molar-refractivity contribution in [3.05, 3.63) is 65.7 Å². The third-order valence-electron chi connectivity index (χ3n) is 8.04. The van der Waals surface area contributed by atoms with E-state index in [4.69, 9.17) is 9.47 Å². The van der Waals surface area contributed by atoms with Crippen molar-refractivity contribution in [3.8, 4) is 5.75 Å². The van der Waals surface area contributed by atoms with Crippen LogP contribution in [0.5, 0.6) is 5.75 Å². The van der Waals surface area contributed by atoms with Crippen LogP contribution in [0.3, 0.4) is 0 Å². The summed E-state index contributed by atoms with van der Waals surface area (Å²) in [5.41, 5.74) is 2.67. The highest BCUT2D eigenvalue weighted by Gasteiger charge is 2.27. The maximum Gasteiger partial charge on any atom is 0.314 e. The summed E-state index contributed by atoms with van der Waals surface area (Å²) < 4.78 is 12.3. The minimum absolute atomic E-state index is 0.0890. The third kappa shape index (κ3) is 16.6. The quantitative estimate of drug-likeness (QED) is 0.0721. The zero-order valence-corrected chi connectivity index (χ0v) is 26.9. The van der Waals surface area contributed by atoms with Gasteiger partial charge in [-0.25, -0.2) is 0 Å². The second-order valence-corrected chi connectivity index (χ2v) is 12.5. The van der Waals surface area contributed by atoms with Gasteiger partial charge < -0.3 is 14.0 Å². The van der Waals surface area contributed by atoms with E-state index < -0.39 is 0 Å². The van der Waals surface area contributed by atoms with E-state index in [-0.39, 0.29) is 11.9 Å². The molecule has 2 aromatic rings. The van der Waals surface area contributed by atoms with Gasteiger partial charge in [0.2, 0.25) is 0 Å². The fourth-order valence-electron chi connectivity index (χ4n) is 5.57. The Morgan fingerprint density at radius 2 is 1.27 bits per heavy atom. The molecule has 1 unspecified atom stereocenters. The number of aryl methyl sites for hydroxylation is 1. The molecule has 0 aliphatic carbocycles. The third-order valence-corrected chi connectivity index (χ3v) is 8.04. The highest BCUT2D eigenvalue weighted by Crippen LogP contribution is 2.18. The van der Waals surface area contributed by atoms with Gasteiger partial charge in [-0.3, -0.25) is 4.79 Å². The number of carbonyl (C=O) groups excluding carboxylic acids is 1. The van der Waals surface area contributed by atoms with Crippen molar-refractivity contribution >= 4 is 5.97 Å². The van der Waals surface area contributed by atoms with Crippen LogP contribution in [0.1, 0.15) is 115 Å². The van der Waals surface area contributed by atoms with Gasteiger partial charge >= 0.3 is 5.97 Å². The van der Waals surface area contributed by atoms with Crippen molar-refractivity contribution in [2.24, 2.45) is 5.92 Å². The summed E-state index contributed by atoms with van der Waals surface area (Å²) in [5.74, 6) is 0.711. The van der Waals surface area contributed by atoms with E-state index in [1.165, 1.54) is 88.2 Å². The molecule has 0 radical (unpaired) electrons. The van der Waals surface area contributed by atoms with Crippen LogP contribution < -0.4 is 4.74 Å². The Bertz CT molecular complexity index is 910. The van der Waals surface area contributed by atoms with Gasteiger partial charge in [0.05, 0.1) is 33.9 Å². The molecule has 230 valence electrons. The summed E-state index contributed by atoms with van der Waals surface area (Å²) in [7, 11) is 4.36. The van der Waals surface area contributed by atoms with Crippen molar-refractivity contribution in [1.82, 2.24) is 0 Å². The van der Waals surface area contributed by atoms with Gasteiger partial charge in [-0.15, -0.1) is 0 Å². The Balaban J connectivity index is 1.51. The zero-order chi connectivity index (χ0) is 29.6. The lowest BCUT2D eigenvalue weighted by Gasteiger charge is -2.32. The van der Waals surface area contributed by atoms with Crippen LogP contribution >= 0.6 is 0 Å². The topological polar surface area (TPSA) is 35.5 Å². The van der Waals surface area contributed by atoms with Crippen LogP contribution in [0.15, 0.2) is 54.6 Å². The van der Waals surface area contributed by atoms with Crippen molar-refractivity contribution in [2.75, 3.05) is 33.9 Å². The van der Waals surface area contributed by atoms with Gasteiger partial charge in [0.15, 0.2) is 0 Å². The van der Waals surface area contributed by atoms with Gasteiger partial charge in [-0.05, 0) is 37.0 Å². The first kappa shape index (κ1) is 34.9. The average molecular weight is 567 g/mol. The summed E-state index contributed by atoms with van der Waals surface area (Å²) in [4.78, 5) is 12.7. The second-order valence-electron chi connectivity index (χ2n) is 12.5. The molecular weight excluding hydrogens is 506 g/mol. The Hall–Kier alpha value is -2.33. The number of benzene rings is 2. The van der Waals surface area contributed by atoms with E-state index in [1.807, 2.05) is 6.07 Å². The molecule has 0 saturated carbocycles. The summed E-state index contributed by atoms with van der Waals surface area (Å²) in [6.45, 7) is 6.98. The van der Waals surface area contributed by atoms with Crippen molar-refractivity contribution in [3.63, 3.8) is 0 Å². The molecule has 0 amide bonds. The summed E-state index contributed by atoms with van der Waals surface area (Å²) in [6, 6.07) is 19.0. The first-order valence-electron chi connectivity index (χ1n) is 16.7. The number of quaternary nitrogens is 1. The second kappa shape index (κ2) is 21.4. The van der Waals surface area contributed by atoms with Crippen LogP contribution in [0, 0.1) is 5.92 Å². The first-order valence-corrected chi connectivity index (χ1v) is 16.7. The molecule has 0 spiro atoms. The molecule has 0 saturated heterocycles. The molecule has 0 aliphatic heterocycles. The Kier molecular flexibility index (Phi) is 18.2. The highest BCUT2D eigenvalue weighted by atomic mass is 16.5. The van der Waals surface area contributed by atoms with Crippen molar-refractivity contribution in [2.45, 2.75) is 117 Å². The van der Waals surface area contributed by atoms with Crippen LogP contribution in [-0.4, -0.2) is 44.3 Å². The number of rotatable bonds is 24. The highest BCUT2D eigenvalue weighted by molar-refractivity contribution is 5.72. The molecule has 0 aliphatic rings. The predicted molar refractivity (Wildman–Crippen MR) is 173 cm³/mol. The number of esters is 1. The molecule has 4 nitrogen and oxygen atoms in total. The van der Waals surface area contributed by atoms with E-state index >= 15 is 0 Å². The van der Waals surface area contributed by atoms with Gasteiger partial charge in [0.25, 0.3) is 0 Å². The van der Waals surface area contributed by atoms with Gasteiger partial charge in [-0.2, -0.15) is 0 Å². The average Bonchev–Trinajstić information content (AvgIpc) is 2.97. The van der Waals surface area contributed by atoms with Crippen molar-refractivity contribution in [1.29, 1.82) is 0 Å². The van der Waals surface area contributed by atoms with Gasteiger partial charge in [0.1, 0.15) is 18.2 Å². The number of hydrogen-bond acceptors (Lipinski definition) is 3. The summed E-state index contributed by atoms with van der Waals surface area (Å²) in [5, 5.41) is 0. The predicted octanol–water partition coefficient (Wildman–Crippen LogP) is 9.55. The van der Waals surface area contributed by atoms with Crippen LogP contribution in [-0.2, 0) is 22.5 Å². The number of nitrogens with zero attached hydrogens (tertiary/aromatic N) is 1. The van der Waals surface area contributed by atoms with Gasteiger partial charge in [0, 0.05) is 12.0 Å². The smallest absolute Gasteiger partial charge is 0.314 e. The number of ether oxygens (including phenoxy) is 2. The molecule has 4 heteroatoms. The van der Waals surface area contributed by atoms with Crippen molar-refractivity contribution < 1.29 is 18.8 Å². The van der Waals surface area contributed by atoms with E-state index in [2.05, 4.69) is 76.5 Å². The lowest BCUT2D eigenvalue weighted by Crippen LogP contribution is -2.44. The van der Waals surface area contributed by atoms with E-state index in [0.29, 0.717) is 19.6 Å². The summed E-state index contributed by atoms with van der Waals surface area (Å²) >= 11 is 0. The largest absolute Gasteiger partial charge is 0.493 e. The summed E-state index contributed by atoms with van der Waals surface area (Å²) in [6.07, 6.45) is 19.3. The minimum atomic E-state index is -0.0905. The molecule has 0 heterocycles. The minimum Gasteiger partial charge on any atom is -0.493 e. The van der Waals surface area contributed by atoms with Crippen LogP contribution in [0.2, 0.25) is 0 Å². The van der Waals surface area contributed by atoms with E-state index in [1.54, 1.807) is 0 Å². The molecule has 0 N–H and O–H groups in total. The maximum atomic E-state index is 12.7. The van der Waals surface area contributed by atoms with Crippen LogP contribution in [0.25, 0.3) is 0 Å². The number of hydrogen-bond donors (Lipinski definition) is 0. The number of unbranched alkanes of at least 4 members (excludes halogenated alkanes) is 11. The molecule has 2 aromatic carbocycles. The molecule has 0 fully saturated rings. The van der Waals surface area contributed by atoms with Crippen LogP contribution in [0.4, 0.5) is 0 Å². The molecular formula is C37H60NO3+. The molecule has 0 aromatic heterocycles. The Morgan fingerprint density at radius 3 is 1.85 bits per heavy atom. The fraction of sp³-hybridized carbons (Fsp3) is 0.649. The number of carbonyl (C=O) groups is 1. The fourth-order valence-corrected chi connectivity index (χ4v) is 5.57. The molecule has 1 atom stereocenters. The Morgan fingerprint density at radius 1 is 0.683 bits per heavy atom. The molecule has 2 rings (SSSR count). The molecule has 41 heavy (non-hydrogen) atoms. The SMILES string of the molecule is CCCCCCCCCCCCCCc1ccc(OCCCOC(=O)C(CC)C[N+](C)(C)Cc2ccccc2)cc1. The monoisotopic (exact) mass is 566 g/mol. The molecule has 0 bridgehead atoms. The standard InChI is InChI=1S/C37H60NO3/c1-5-7-8-9-10-11-12-13-14-15-16-18-22-33-25-27-36(28-26-33)40-29-21-30-41-37(39)35(6-2)32-38(3,4)31-34-23-19-17-20-24-34/h17,19-20,23-28,35H,5-16,18,21-22,29-32H2,1-4H3/q+1. The van der Waals surface area contributed by atoms with Gasteiger partial charge in [-0.1, -0.05) is 127 Å². The maximum absolute atomic E-state index is 12.7. The normalized spacial score (nSPS) is 12.3. The lowest BCUT2D eigenvalue weighted by molar-refractivity contribution is -0.906.